The second kappa shape index (κ2) is 8.51. The van der Waals surface area contributed by atoms with E-state index in [0.717, 1.165) is 6.42 Å². The number of halogens is 1. The van der Waals surface area contributed by atoms with Crippen molar-refractivity contribution >= 4 is 0 Å². The van der Waals surface area contributed by atoms with Crippen molar-refractivity contribution in [3.05, 3.63) is 29.6 Å². The lowest BCUT2D eigenvalue weighted by Gasteiger charge is -2.08. The van der Waals surface area contributed by atoms with E-state index in [1.165, 1.54) is 12.1 Å². The lowest BCUT2D eigenvalue weighted by Crippen LogP contribution is -2.02. The van der Waals surface area contributed by atoms with Crippen LogP contribution in [0.25, 0.3) is 0 Å². The smallest absolute Gasteiger partial charge is 0.135 e. The van der Waals surface area contributed by atoms with E-state index in [4.69, 9.17) is 14.6 Å². The Morgan fingerprint density at radius 2 is 2.17 bits per heavy atom. The highest BCUT2D eigenvalue weighted by Gasteiger charge is 2.03. The standard InChI is InChI=1S/C14H17FO3/c1-17-9-4-10-18-14-7-6-13(15)11-12(14)5-2-3-8-16/h6-7,11,16H,3-4,8-10H2,1H3. The Labute approximate surface area is 107 Å². The molecule has 0 radical (unpaired) electrons. The molecule has 0 amide bonds. The molecule has 0 saturated heterocycles. The number of methoxy groups -OCH3 is 1. The van der Waals surface area contributed by atoms with Crippen LogP contribution in [0.1, 0.15) is 18.4 Å². The third-order valence-corrected chi connectivity index (χ3v) is 2.15. The van der Waals surface area contributed by atoms with Crippen LogP contribution >= 0.6 is 0 Å². The van der Waals surface area contributed by atoms with Crippen LogP contribution in [0.15, 0.2) is 18.2 Å². The van der Waals surface area contributed by atoms with Crippen LogP contribution in [0.2, 0.25) is 0 Å². The fraction of sp³-hybridized carbons (Fsp3) is 0.429. The van der Waals surface area contributed by atoms with E-state index < -0.39 is 0 Å². The topological polar surface area (TPSA) is 38.7 Å². The van der Waals surface area contributed by atoms with Gasteiger partial charge in [-0.1, -0.05) is 11.8 Å². The molecule has 0 aliphatic carbocycles. The van der Waals surface area contributed by atoms with Crippen LogP contribution in [-0.4, -0.2) is 32.0 Å². The van der Waals surface area contributed by atoms with Crippen LogP contribution < -0.4 is 4.74 Å². The molecule has 0 saturated carbocycles. The highest BCUT2D eigenvalue weighted by Crippen LogP contribution is 2.18. The summed E-state index contributed by atoms with van der Waals surface area (Å²) in [7, 11) is 1.63. The molecule has 0 aromatic heterocycles. The van der Waals surface area contributed by atoms with E-state index in [-0.39, 0.29) is 12.4 Å². The van der Waals surface area contributed by atoms with Crippen molar-refractivity contribution in [1.29, 1.82) is 0 Å². The number of hydrogen-bond acceptors (Lipinski definition) is 3. The molecule has 0 fully saturated rings. The minimum atomic E-state index is -0.354. The molecular weight excluding hydrogens is 235 g/mol. The van der Waals surface area contributed by atoms with Crippen molar-refractivity contribution in [3.63, 3.8) is 0 Å². The second-order valence-corrected chi connectivity index (χ2v) is 3.61. The summed E-state index contributed by atoms with van der Waals surface area (Å²) in [5, 5.41) is 8.65. The average Bonchev–Trinajstić information content (AvgIpc) is 2.37. The zero-order valence-corrected chi connectivity index (χ0v) is 10.4. The molecule has 0 heterocycles. The number of benzene rings is 1. The maximum Gasteiger partial charge on any atom is 0.135 e. The number of ether oxygens (including phenoxy) is 2. The van der Waals surface area contributed by atoms with Gasteiger partial charge in [-0.15, -0.1) is 0 Å². The molecule has 1 N–H and O–H groups in total. The van der Waals surface area contributed by atoms with Gasteiger partial charge in [0.05, 0.1) is 18.8 Å². The van der Waals surface area contributed by atoms with Gasteiger partial charge in [0.25, 0.3) is 0 Å². The molecular formula is C14H17FO3. The molecule has 0 aliphatic rings. The van der Waals surface area contributed by atoms with Crippen molar-refractivity contribution in [2.24, 2.45) is 0 Å². The third-order valence-electron chi connectivity index (χ3n) is 2.15. The molecule has 4 heteroatoms. The van der Waals surface area contributed by atoms with Gasteiger partial charge < -0.3 is 14.6 Å². The highest BCUT2D eigenvalue weighted by molar-refractivity contribution is 5.46. The van der Waals surface area contributed by atoms with Gasteiger partial charge in [0, 0.05) is 26.6 Å². The van der Waals surface area contributed by atoms with E-state index >= 15 is 0 Å². The lowest BCUT2D eigenvalue weighted by molar-refractivity contribution is 0.172. The summed E-state index contributed by atoms with van der Waals surface area (Å²) in [6, 6.07) is 4.23. The SMILES string of the molecule is COCCCOc1ccc(F)cc1C#CCCO. The first kappa shape index (κ1) is 14.5. The fourth-order valence-electron chi connectivity index (χ4n) is 1.32. The summed E-state index contributed by atoms with van der Waals surface area (Å²) in [6.45, 7) is 1.10. The minimum Gasteiger partial charge on any atom is -0.492 e. The van der Waals surface area contributed by atoms with Gasteiger partial charge >= 0.3 is 0 Å². The Hall–Kier alpha value is -1.57. The normalized spacial score (nSPS) is 9.72. The Balaban J connectivity index is 2.68. The molecule has 0 atom stereocenters. The maximum atomic E-state index is 13.1. The average molecular weight is 252 g/mol. The predicted octanol–water partition coefficient (Wildman–Crippen LogP) is 1.97. The number of aliphatic hydroxyl groups is 1. The van der Waals surface area contributed by atoms with Crippen molar-refractivity contribution in [2.45, 2.75) is 12.8 Å². The highest BCUT2D eigenvalue weighted by atomic mass is 19.1. The first-order valence-corrected chi connectivity index (χ1v) is 5.79. The summed E-state index contributed by atoms with van der Waals surface area (Å²) in [5.41, 5.74) is 0.501. The lowest BCUT2D eigenvalue weighted by atomic mass is 10.2. The Bertz CT molecular complexity index is 421. The van der Waals surface area contributed by atoms with E-state index in [1.54, 1.807) is 13.2 Å². The summed E-state index contributed by atoms with van der Waals surface area (Å²) in [4.78, 5) is 0. The van der Waals surface area contributed by atoms with Gasteiger partial charge in [-0.2, -0.15) is 0 Å². The summed E-state index contributed by atoms with van der Waals surface area (Å²) >= 11 is 0. The van der Waals surface area contributed by atoms with E-state index in [2.05, 4.69) is 11.8 Å². The van der Waals surface area contributed by atoms with Gasteiger partial charge in [-0.3, -0.25) is 0 Å². The fourth-order valence-corrected chi connectivity index (χ4v) is 1.32. The van der Waals surface area contributed by atoms with Crippen LogP contribution in [0.3, 0.4) is 0 Å². The van der Waals surface area contributed by atoms with Crippen LogP contribution in [0, 0.1) is 17.7 Å². The minimum absolute atomic E-state index is 0.00759. The zero-order valence-electron chi connectivity index (χ0n) is 10.4. The van der Waals surface area contributed by atoms with Gasteiger partial charge in [0.2, 0.25) is 0 Å². The molecule has 3 nitrogen and oxygen atoms in total. The molecule has 1 aromatic rings. The Kier molecular flexibility index (Phi) is 6.85. The van der Waals surface area contributed by atoms with Crippen LogP contribution in [-0.2, 0) is 4.74 Å². The van der Waals surface area contributed by atoms with Gasteiger partial charge in [-0.05, 0) is 18.2 Å². The molecule has 0 bridgehead atoms. The van der Waals surface area contributed by atoms with Crippen molar-refractivity contribution in [1.82, 2.24) is 0 Å². The number of hydrogen-bond donors (Lipinski definition) is 1. The monoisotopic (exact) mass is 252 g/mol. The zero-order chi connectivity index (χ0) is 13.2. The number of aliphatic hydroxyl groups excluding tert-OH is 1. The molecule has 0 spiro atoms. The first-order valence-electron chi connectivity index (χ1n) is 5.79. The second-order valence-electron chi connectivity index (χ2n) is 3.61. The molecule has 1 aromatic carbocycles. The van der Waals surface area contributed by atoms with Gasteiger partial charge in [0.15, 0.2) is 0 Å². The van der Waals surface area contributed by atoms with E-state index in [0.29, 0.717) is 30.9 Å². The number of rotatable bonds is 6. The van der Waals surface area contributed by atoms with E-state index in [9.17, 15) is 4.39 Å². The summed E-state index contributed by atoms with van der Waals surface area (Å²) in [5.74, 6) is 5.74. The predicted molar refractivity (Wildman–Crippen MR) is 67.0 cm³/mol. The largest absolute Gasteiger partial charge is 0.492 e. The Morgan fingerprint density at radius 1 is 1.33 bits per heavy atom. The van der Waals surface area contributed by atoms with Gasteiger partial charge in [-0.25, -0.2) is 4.39 Å². The quantitative estimate of drug-likeness (QED) is 0.621. The van der Waals surface area contributed by atoms with Crippen molar-refractivity contribution in [3.8, 4) is 17.6 Å². The van der Waals surface area contributed by atoms with Crippen molar-refractivity contribution in [2.75, 3.05) is 26.9 Å². The van der Waals surface area contributed by atoms with Gasteiger partial charge in [0.1, 0.15) is 11.6 Å². The summed E-state index contributed by atoms with van der Waals surface area (Å²) < 4.78 is 23.5. The molecule has 0 aliphatic heterocycles. The maximum absolute atomic E-state index is 13.1. The third kappa shape index (κ3) is 5.17. The van der Waals surface area contributed by atoms with Crippen LogP contribution in [0.5, 0.6) is 5.75 Å². The van der Waals surface area contributed by atoms with Crippen molar-refractivity contribution < 1.29 is 19.0 Å². The Morgan fingerprint density at radius 3 is 2.89 bits per heavy atom. The van der Waals surface area contributed by atoms with Crippen LogP contribution in [0.4, 0.5) is 4.39 Å². The van der Waals surface area contributed by atoms with E-state index in [1.807, 2.05) is 0 Å². The first-order chi connectivity index (χ1) is 8.77. The molecule has 18 heavy (non-hydrogen) atoms. The summed E-state index contributed by atoms with van der Waals surface area (Å²) in [6.07, 6.45) is 1.12. The molecule has 0 unspecified atom stereocenters. The molecule has 98 valence electrons. The molecule has 1 rings (SSSR count).